The van der Waals surface area contributed by atoms with E-state index in [4.69, 9.17) is 4.74 Å². The van der Waals surface area contributed by atoms with E-state index in [9.17, 15) is 9.90 Å². The zero-order valence-electron chi connectivity index (χ0n) is 9.11. The lowest BCUT2D eigenvalue weighted by Crippen LogP contribution is -2.43. The molecule has 0 aromatic heterocycles. The Morgan fingerprint density at radius 1 is 1.47 bits per heavy atom. The molecule has 0 aromatic rings. The molecule has 0 spiro atoms. The molecule has 0 saturated carbocycles. The van der Waals surface area contributed by atoms with Crippen LogP contribution in [-0.2, 0) is 9.53 Å². The molecule has 2 fully saturated rings. The van der Waals surface area contributed by atoms with Crippen molar-refractivity contribution in [3.8, 4) is 0 Å². The number of aliphatic hydroxyl groups excluding tert-OH is 1. The number of piperidine rings is 1. The second-order valence-electron chi connectivity index (χ2n) is 4.68. The van der Waals surface area contributed by atoms with Crippen molar-refractivity contribution in [2.45, 2.75) is 37.8 Å². The van der Waals surface area contributed by atoms with E-state index in [1.807, 2.05) is 0 Å². The summed E-state index contributed by atoms with van der Waals surface area (Å²) in [5.41, 5.74) is 0. The summed E-state index contributed by atoms with van der Waals surface area (Å²) in [7, 11) is 1.39. The lowest BCUT2D eigenvalue weighted by atomic mass is 9.82. The van der Waals surface area contributed by atoms with Crippen LogP contribution in [0, 0.1) is 11.8 Å². The van der Waals surface area contributed by atoms with Gasteiger partial charge in [-0.05, 0) is 31.6 Å². The third-order valence-corrected chi connectivity index (χ3v) is 3.78. The van der Waals surface area contributed by atoms with Gasteiger partial charge in [-0.1, -0.05) is 0 Å². The van der Waals surface area contributed by atoms with Crippen LogP contribution in [0.25, 0.3) is 0 Å². The first-order chi connectivity index (χ1) is 7.24. The predicted molar refractivity (Wildman–Crippen MR) is 55.3 cm³/mol. The monoisotopic (exact) mass is 213 g/mol. The average Bonchev–Trinajstić information content (AvgIpc) is 2.59. The van der Waals surface area contributed by atoms with Crippen LogP contribution in [0.15, 0.2) is 0 Å². The highest BCUT2D eigenvalue weighted by Gasteiger charge is 2.39. The summed E-state index contributed by atoms with van der Waals surface area (Å²) in [5.74, 6) is -0.287. The Morgan fingerprint density at radius 2 is 2.07 bits per heavy atom. The summed E-state index contributed by atoms with van der Waals surface area (Å²) >= 11 is 0. The molecule has 0 radical (unpaired) electrons. The lowest BCUT2D eigenvalue weighted by Gasteiger charge is -2.32. The van der Waals surface area contributed by atoms with Gasteiger partial charge in [0.1, 0.15) is 0 Å². The lowest BCUT2D eigenvalue weighted by molar-refractivity contribution is -0.149. The maximum Gasteiger partial charge on any atom is 0.311 e. The number of fused-ring (bicyclic) bond motifs is 2. The minimum atomic E-state index is -0.319. The van der Waals surface area contributed by atoms with Gasteiger partial charge < -0.3 is 15.2 Å². The molecule has 2 bridgehead atoms. The average molecular weight is 213 g/mol. The van der Waals surface area contributed by atoms with Gasteiger partial charge in [0.2, 0.25) is 0 Å². The summed E-state index contributed by atoms with van der Waals surface area (Å²) in [6, 6.07) is 1.10. The van der Waals surface area contributed by atoms with Gasteiger partial charge in [0, 0.05) is 12.1 Å². The van der Waals surface area contributed by atoms with Crippen molar-refractivity contribution in [2.24, 2.45) is 11.8 Å². The molecule has 2 heterocycles. The van der Waals surface area contributed by atoms with Gasteiger partial charge in [-0.2, -0.15) is 0 Å². The Balaban J connectivity index is 1.99. The van der Waals surface area contributed by atoms with Gasteiger partial charge in [0.05, 0.1) is 19.6 Å². The fraction of sp³-hybridized carbons (Fsp3) is 0.909. The van der Waals surface area contributed by atoms with E-state index >= 15 is 0 Å². The fourth-order valence-corrected chi connectivity index (χ4v) is 3.00. The molecule has 2 rings (SSSR count). The SMILES string of the molecule is COC(=O)C(CO)C1CC2CCC(C1)N2. The number of hydrogen-bond donors (Lipinski definition) is 2. The molecule has 0 amide bonds. The van der Waals surface area contributed by atoms with Crippen LogP contribution in [0.3, 0.4) is 0 Å². The first kappa shape index (κ1) is 10.9. The zero-order valence-corrected chi connectivity index (χ0v) is 9.11. The molecule has 4 nitrogen and oxygen atoms in total. The van der Waals surface area contributed by atoms with E-state index in [1.54, 1.807) is 0 Å². The first-order valence-electron chi connectivity index (χ1n) is 5.69. The quantitative estimate of drug-likeness (QED) is 0.662. The normalized spacial score (nSPS) is 36.3. The third-order valence-electron chi connectivity index (χ3n) is 3.78. The van der Waals surface area contributed by atoms with E-state index in [2.05, 4.69) is 5.32 Å². The molecule has 3 atom stereocenters. The summed E-state index contributed by atoms with van der Waals surface area (Å²) < 4.78 is 4.73. The third kappa shape index (κ3) is 2.16. The van der Waals surface area contributed by atoms with Crippen LogP contribution in [0.2, 0.25) is 0 Å². The molecule has 4 heteroatoms. The van der Waals surface area contributed by atoms with Crippen LogP contribution in [0.5, 0.6) is 0 Å². The van der Waals surface area contributed by atoms with Gasteiger partial charge in [-0.3, -0.25) is 4.79 Å². The van der Waals surface area contributed by atoms with Crippen molar-refractivity contribution < 1.29 is 14.6 Å². The van der Waals surface area contributed by atoms with Crippen molar-refractivity contribution >= 4 is 5.97 Å². The number of nitrogens with one attached hydrogen (secondary N) is 1. The van der Waals surface area contributed by atoms with Gasteiger partial charge >= 0.3 is 5.97 Å². The Kier molecular flexibility index (Phi) is 3.26. The summed E-state index contributed by atoms with van der Waals surface area (Å²) in [6.45, 7) is -0.0865. The fourth-order valence-electron chi connectivity index (χ4n) is 3.00. The molecule has 2 aliphatic heterocycles. The van der Waals surface area contributed by atoms with Crippen LogP contribution in [0.1, 0.15) is 25.7 Å². The minimum Gasteiger partial charge on any atom is -0.469 e. The summed E-state index contributed by atoms with van der Waals surface area (Å²) in [5, 5.41) is 12.8. The van der Waals surface area contributed by atoms with Crippen molar-refractivity contribution in [3.05, 3.63) is 0 Å². The highest BCUT2D eigenvalue weighted by molar-refractivity contribution is 5.72. The van der Waals surface area contributed by atoms with E-state index in [0.717, 1.165) is 12.8 Å². The molecule has 86 valence electrons. The zero-order chi connectivity index (χ0) is 10.8. The van der Waals surface area contributed by atoms with Gasteiger partial charge in [0.25, 0.3) is 0 Å². The van der Waals surface area contributed by atoms with Gasteiger partial charge in [-0.25, -0.2) is 0 Å². The van der Waals surface area contributed by atoms with Gasteiger partial charge in [0.15, 0.2) is 0 Å². The molecule has 15 heavy (non-hydrogen) atoms. The predicted octanol–water partition coefficient (Wildman–Crippen LogP) is 0.298. The topological polar surface area (TPSA) is 58.6 Å². The Labute approximate surface area is 90.0 Å². The van der Waals surface area contributed by atoms with E-state index < -0.39 is 0 Å². The number of carbonyl (C=O) groups is 1. The molecule has 2 saturated heterocycles. The van der Waals surface area contributed by atoms with Crippen molar-refractivity contribution in [1.29, 1.82) is 0 Å². The molecule has 0 aliphatic carbocycles. The summed E-state index contributed by atoms with van der Waals surface area (Å²) in [4.78, 5) is 11.5. The first-order valence-corrected chi connectivity index (χ1v) is 5.69. The molecule has 2 aliphatic rings. The number of ether oxygens (including phenoxy) is 1. The van der Waals surface area contributed by atoms with Crippen molar-refractivity contribution in [3.63, 3.8) is 0 Å². The number of methoxy groups -OCH3 is 1. The standard InChI is InChI=1S/C11H19NO3/c1-15-11(14)10(6-13)7-4-8-2-3-9(5-7)12-8/h7-10,12-13H,2-6H2,1H3. The molecule has 2 N–H and O–H groups in total. The number of esters is 1. The van der Waals surface area contributed by atoms with Crippen LogP contribution in [-0.4, -0.2) is 36.9 Å². The number of hydrogen-bond acceptors (Lipinski definition) is 4. The molecule has 0 aromatic carbocycles. The van der Waals surface area contributed by atoms with Crippen molar-refractivity contribution in [2.75, 3.05) is 13.7 Å². The molecular weight excluding hydrogens is 194 g/mol. The minimum absolute atomic E-state index is 0.0865. The second kappa shape index (κ2) is 4.49. The summed E-state index contributed by atoms with van der Waals surface area (Å²) in [6.07, 6.45) is 4.41. The second-order valence-corrected chi connectivity index (χ2v) is 4.68. The number of rotatable bonds is 3. The van der Waals surface area contributed by atoms with Crippen LogP contribution >= 0.6 is 0 Å². The van der Waals surface area contributed by atoms with Gasteiger partial charge in [-0.15, -0.1) is 0 Å². The molecular formula is C11H19NO3. The smallest absolute Gasteiger partial charge is 0.311 e. The Morgan fingerprint density at radius 3 is 2.53 bits per heavy atom. The van der Waals surface area contributed by atoms with Crippen LogP contribution < -0.4 is 5.32 Å². The highest BCUT2D eigenvalue weighted by atomic mass is 16.5. The van der Waals surface area contributed by atoms with E-state index in [1.165, 1.54) is 20.0 Å². The maximum atomic E-state index is 11.5. The molecule has 3 unspecified atom stereocenters. The Bertz CT molecular complexity index is 232. The number of carbonyl (C=O) groups excluding carboxylic acids is 1. The van der Waals surface area contributed by atoms with Crippen molar-refractivity contribution in [1.82, 2.24) is 5.32 Å². The number of aliphatic hydroxyl groups is 1. The largest absolute Gasteiger partial charge is 0.469 e. The maximum absolute atomic E-state index is 11.5. The van der Waals surface area contributed by atoms with E-state index in [-0.39, 0.29) is 18.5 Å². The van der Waals surface area contributed by atoms with Crippen LogP contribution in [0.4, 0.5) is 0 Å². The van der Waals surface area contributed by atoms with E-state index in [0.29, 0.717) is 18.0 Å². The Hall–Kier alpha value is -0.610. The highest BCUT2D eigenvalue weighted by Crippen LogP contribution is 2.35.